The second kappa shape index (κ2) is 11.0. The summed E-state index contributed by atoms with van der Waals surface area (Å²) < 4.78 is 28.9. The topological polar surface area (TPSA) is 148 Å². The van der Waals surface area contributed by atoms with Crippen molar-refractivity contribution in [3.63, 3.8) is 0 Å². The highest BCUT2D eigenvalue weighted by Crippen LogP contribution is 2.33. The second-order valence-corrected chi connectivity index (χ2v) is 8.29. The van der Waals surface area contributed by atoms with E-state index in [0.717, 1.165) is 27.7 Å². The predicted molar refractivity (Wildman–Crippen MR) is 101 cm³/mol. The van der Waals surface area contributed by atoms with Crippen LogP contribution in [0.25, 0.3) is 0 Å². The van der Waals surface area contributed by atoms with E-state index in [0.29, 0.717) is 0 Å². The molecule has 1 rings (SSSR count). The van der Waals surface area contributed by atoms with Crippen molar-refractivity contribution in [2.24, 2.45) is 0 Å². The number of nitrogens with one attached hydrogen (secondary N) is 1. The van der Waals surface area contributed by atoms with Crippen molar-refractivity contribution in [1.82, 2.24) is 0 Å². The van der Waals surface area contributed by atoms with Gasteiger partial charge in [-0.25, -0.2) is 0 Å². The number of alkyl halides is 3. The van der Waals surface area contributed by atoms with Crippen LogP contribution in [0.15, 0.2) is 0 Å². The molecule has 1 aliphatic rings. The number of rotatable bonds is 6. The van der Waals surface area contributed by atoms with Crippen molar-refractivity contribution < 1.29 is 47.6 Å². The number of carbonyl (C=O) groups is 4. The minimum absolute atomic E-state index is 0.460. The Morgan fingerprint density at radius 2 is 1.27 bits per heavy atom. The molecule has 0 saturated carbocycles. The highest BCUT2D eigenvalue weighted by atomic mass is 35.6. The van der Waals surface area contributed by atoms with Crippen LogP contribution in [0.5, 0.6) is 0 Å². The van der Waals surface area contributed by atoms with Crippen molar-refractivity contribution in [1.29, 1.82) is 5.41 Å². The molecule has 170 valence electrons. The van der Waals surface area contributed by atoms with E-state index in [-0.39, 0.29) is 0 Å². The van der Waals surface area contributed by atoms with Crippen LogP contribution in [0.3, 0.4) is 0 Å². The van der Waals surface area contributed by atoms with Crippen LogP contribution in [0.1, 0.15) is 27.7 Å². The van der Waals surface area contributed by atoms with E-state index in [4.69, 9.17) is 68.6 Å². The van der Waals surface area contributed by atoms with Gasteiger partial charge in [0.05, 0.1) is 0 Å². The molecule has 0 aromatic heterocycles. The summed E-state index contributed by atoms with van der Waals surface area (Å²) in [5.74, 6) is -4.03. The average molecular weight is 493 g/mol. The lowest BCUT2D eigenvalue weighted by atomic mass is 9.98. The van der Waals surface area contributed by atoms with Crippen molar-refractivity contribution in [3.05, 3.63) is 0 Å². The lowest BCUT2D eigenvalue weighted by Crippen LogP contribution is -2.63. The highest BCUT2D eigenvalue weighted by molar-refractivity contribution is 6.76. The SMILES string of the molecule is CC(=O)OC[C@@H]1O[C@@H](OC(=N)C(Cl)(Cl)Cl)[C@H](OC(C)=O)[C@@H](OC(C)=O)[C@@H]1OC(C)=O. The average Bonchev–Trinajstić information content (AvgIpc) is 2.56. The number of hydrogen-bond donors (Lipinski definition) is 1. The third-order valence-corrected chi connectivity index (χ3v) is 3.95. The lowest BCUT2D eigenvalue weighted by molar-refractivity contribution is -0.292. The normalized spacial score (nSPS) is 26.2. The molecule has 1 saturated heterocycles. The first kappa shape index (κ1) is 26.2. The molecule has 0 aromatic carbocycles. The molecule has 0 bridgehead atoms. The van der Waals surface area contributed by atoms with Gasteiger partial charge in [0.15, 0.2) is 12.2 Å². The Kier molecular flexibility index (Phi) is 9.60. The van der Waals surface area contributed by atoms with Gasteiger partial charge in [-0.1, -0.05) is 34.8 Å². The highest BCUT2D eigenvalue weighted by Gasteiger charge is 2.54. The zero-order valence-corrected chi connectivity index (χ0v) is 18.6. The summed E-state index contributed by atoms with van der Waals surface area (Å²) in [4.78, 5) is 46.1. The van der Waals surface area contributed by atoms with Gasteiger partial charge in [0.25, 0.3) is 3.79 Å². The van der Waals surface area contributed by atoms with E-state index in [9.17, 15) is 19.2 Å². The second-order valence-electron chi connectivity index (χ2n) is 6.01. The summed E-state index contributed by atoms with van der Waals surface area (Å²) in [5.41, 5.74) is 0. The van der Waals surface area contributed by atoms with Gasteiger partial charge in [0.2, 0.25) is 18.3 Å². The molecule has 5 atom stereocenters. The van der Waals surface area contributed by atoms with Gasteiger partial charge in [-0.15, -0.1) is 0 Å². The summed E-state index contributed by atoms with van der Waals surface area (Å²) >= 11 is 16.8. The van der Waals surface area contributed by atoms with Gasteiger partial charge < -0.3 is 28.4 Å². The molecule has 0 aliphatic carbocycles. The van der Waals surface area contributed by atoms with Crippen LogP contribution in [0.4, 0.5) is 0 Å². The van der Waals surface area contributed by atoms with Crippen molar-refractivity contribution in [3.8, 4) is 0 Å². The molecule has 14 heteroatoms. The Bertz CT molecular complexity index is 695. The first-order chi connectivity index (χ1) is 13.7. The van der Waals surface area contributed by atoms with E-state index < -0.39 is 70.9 Å². The fraction of sp³-hybridized carbons (Fsp3) is 0.688. The van der Waals surface area contributed by atoms with Gasteiger partial charge in [-0.05, 0) is 0 Å². The van der Waals surface area contributed by atoms with Crippen LogP contribution in [-0.2, 0) is 47.6 Å². The van der Waals surface area contributed by atoms with E-state index in [2.05, 4.69) is 0 Å². The maximum absolute atomic E-state index is 11.7. The molecule has 0 unspecified atom stereocenters. The summed E-state index contributed by atoms with van der Waals surface area (Å²) in [6.45, 7) is 3.86. The quantitative estimate of drug-likeness (QED) is 0.190. The number of halogens is 3. The van der Waals surface area contributed by atoms with Gasteiger partial charge >= 0.3 is 23.9 Å². The first-order valence-electron chi connectivity index (χ1n) is 8.35. The number of hydrogen-bond acceptors (Lipinski definition) is 11. The molecular formula is C16H20Cl3NO10. The van der Waals surface area contributed by atoms with Crippen LogP contribution in [0.2, 0.25) is 0 Å². The standard InChI is InChI=1S/C16H20Cl3NO10/c1-6(21)25-5-10-11(26-7(2)22)12(27-8(3)23)13(28-9(4)24)14(29-10)30-15(20)16(17,18)19/h10-14,20H,5H2,1-4H3/t10-,11+,12-,13+,14-/m0/s1. The molecule has 11 nitrogen and oxygen atoms in total. The number of esters is 4. The van der Waals surface area contributed by atoms with Crippen molar-refractivity contribution in [2.45, 2.75) is 62.2 Å². The Hall–Kier alpha value is -1.82. The van der Waals surface area contributed by atoms with Gasteiger partial charge in [-0.3, -0.25) is 24.6 Å². The minimum Gasteiger partial charge on any atom is -0.463 e. The van der Waals surface area contributed by atoms with Crippen LogP contribution >= 0.6 is 34.8 Å². The first-order valence-corrected chi connectivity index (χ1v) is 9.48. The van der Waals surface area contributed by atoms with E-state index in [1.54, 1.807) is 0 Å². The van der Waals surface area contributed by atoms with E-state index in [1.165, 1.54) is 0 Å². The molecule has 1 fully saturated rings. The Balaban J connectivity index is 3.37. The molecule has 1 heterocycles. The molecular weight excluding hydrogens is 473 g/mol. The van der Waals surface area contributed by atoms with Crippen LogP contribution in [0, 0.1) is 5.41 Å². The molecule has 1 N–H and O–H groups in total. The van der Waals surface area contributed by atoms with Gasteiger partial charge in [0.1, 0.15) is 12.7 Å². The minimum atomic E-state index is -2.29. The van der Waals surface area contributed by atoms with Crippen LogP contribution in [-0.4, -0.2) is 70.9 Å². The van der Waals surface area contributed by atoms with E-state index in [1.807, 2.05) is 0 Å². The van der Waals surface area contributed by atoms with Gasteiger partial charge in [-0.2, -0.15) is 0 Å². The monoisotopic (exact) mass is 491 g/mol. The zero-order chi connectivity index (χ0) is 23.2. The fourth-order valence-corrected chi connectivity index (χ4v) is 2.60. The predicted octanol–water partition coefficient (Wildman–Crippen LogP) is 1.43. The number of ether oxygens (including phenoxy) is 6. The van der Waals surface area contributed by atoms with E-state index >= 15 is 0 Å². The number of carbonyl (C=O) groups excluding carboxylic acids is 4. The maximum Gasteiger partial charge on any atom is 0.303 e. The molecule has 0 aromatic rings. The molecule has 30 heavy (non-hydrogen) atoms. The molecule has 1 aliphatic heterocycles. The Labute approximate surface area is 186 Å². The third kappa shape index (κ3) is 8.13. The maximum atomic E-state index is 11.7. The fourth-order valence-electron chi connectivity index (χ4n) is 2.47. The zero-order valence-electron chi connectivity index (χ0n) is 16.3. The van der Waals surface area contributed by atoms with Gasteiger partial charge in [0, 0.05) is 27.7 Å². The Morgan fingerprint density at radius 3 is 1.70 bits per heavy atom. The molecule has 0 amide bonds. The smallest absolute Gasteiger partial charge is 0.303 e. The van der Waals surface area contributed by atoms with Crippen LogP contribution < -0.4 is 0 Å². The van der Waals surface area contributed by atoms with Crippen molar-refractivity contribution in [2.75, 3.05) is 6.61 Å². The molecule has 0 radical (unpaired) electrons. The summed E-state index contributed by atoms with van der Waals surface area (Å²) in [7, 11) is 0. The summed E-state index contributed by atoms with van der Waals surface area (Å²) in [6, 6.07) is 0. The lowest BCUT2D eigenvalue weighted by Gasteiger charge is -2.44. The molecule has 0 spiro atoms. The van der Waals surface area contributed by atoms with Crippen molar-refractivity contribution >= 4 is 64.6 Å². The summed E-state index contributed by atoms with van der Waals surface area (Å²) in [5, 5.41) is 7.74. The summed E-state index contributed by atoms with van der Waals surface area (Å²) in [6.07, 6.45) is -7.25. The largest absolute Gasteiger partial charge is 0.463 e. The third-order valence-electron chi connectivity index (χ3n) is 3.44. The Morgan fingerprint density at radius 1 is 0.800 bits per heavy atom.